The molecule has 0 aliphatic carbocycles. The summed E-state index contributed by atoms with van der Waals surface area (Å²) in [6.45, 7) is -0.775. The molecule has 0 atom stereocenters. The van der Waals surface area contributed by atoms with Gasteiger partial charge < -0.3 is 10.8 Å². The number of allylic oxidation sites excluding steroid dienone is 1. The quantitative estimate of drug-likeness (QED) is 0.609. The van der Waals surface area contributed by atoms with Gasteiger partial charge in [-0.05, 0) is 0 Å². The average molecular weight is 182 g/mol. The third kappa shape index (κ3) is 2.91. The zero-order chi connectivity index (χ0) is 9.78. The van der Waals surface area contributed by atoms with Crippen molar-refractivity contribution in [3.05, 3.63) is 11.3 Å². The first-order valence-electron chi connectivity index (χ1n) is 3.02. The lowest BCUT2D eigenvalue weighted by atomic mass is 10.2. The second-order valence-corrected chi connectivity index (χ2v) is 1.98. The van der Waals surface area contributed by atoms with Crippen molar-refractivity contribution >= 4 is 6.21 Å². The van der Waals surface area contributed by atoms with Crippen molar-refractivity contribution in [2.45, 2.75) is 6.18 Å². The summed E-state index contributed by atoms with van der Waals surface area (Å²) in [5, 5.41) is 8.46. The molecule has 0 aromatic heterocycles. The van der Waals surface area contributed by atoms with E-state index in [0.717, 1.165) is 6.21 Å². The number of nitrogens with two attached hydrogens (primary N) is 1. The van der Waals surface area contributed by atoms with Crippen LogP contribution < -0.4 is 5.73 Å². The maximum absolute atomic E-state index is 11.9. The van der Waals surface area contributed by atoms with Gasteiger partial charge in [0.05, 0.1) is 6.61 Å². The van der Waals surface area contributed by atoms with Gasteiger partial charge in [0.25, 0.3) is 0 Å². The van der Waals surface area contributed by atoms with E-state index in [1.807, 2.05) is 0 Å². The third-order valence-electron chi connectivity index (χ3n) is 1.11. The van der Waals surface area contributed by atoms with Gasteiger partial charge in [-0.25, -0.2) is 0 Å². The summed E-state index contributed by atoms with van der Waals surface area (Å²) in [7, 11) is 1.29. The highest BCUT2D eigenvalue weighted by Gasteiger charge is 2.33. The second-order valence-electron chi connectivity index (χ2n) is 1.98. The van der Waals surface area contributed by atoms with E-state index in [9.17, 15) is 13.2 Å². The summed E-state index contributed by atoms with van der Waals surface area (Å²) >= 11 is 0. The van der Waals surface area contributed by atoms with Crippen molar-refractivity contribution in [2.75, 3.05) is 13.7 Å². The van der Waals surface area contributed by atoms with Crippen molar-refractivity contribution in [1.29, 1.82) is 0 Å². The monoisotopic (exact) mass is 182 g/mol. The van der Waals surface area contributed by atoms with Gasteiger partial charge >= 0.3 is 6.18 Å². The van der Waals surface area contributed by atoms with Crippen molar-refractivity contribution in [1.82, 2.24) is 0 Å². The van der Waals surface area contributed by atoms with E-state index < -0.39 is 24.1 Å². The zero-order valence-electron chi connectivity index (χ0n) is 6.39. The molecule has 3 nitrogen and oxygen atoms in total. The van der Waals surface area contributed by atoms with Crippen LogP contribution in [-0.2, 0) is 0 Å². The van der Waals surface area contributed by atoms with E-state index in [1.54, 1.807) is 0 Å². The smallest absolute Gasteiger partial charge is 0.394 e. The fraction of sp³-hybridized carbons (Fsp3) is 0.500. The molecule has 0 unspecified atom stereocenters. The Morgan fingerprint density at radius 1 is 1.58 bits per heavy atom. The SMILES string of the molecule is CN=CC(CO)=C(N)C(F)(F)F. The van der Waals surface area contributed by atoms with Gasteiger partial charge in [-0.1, -0.05) is 0 Å². The first-order chi connectivity index (χ1) is 5.43. The Bertz CT molecular complexity index is 207. The fourth-order valence-corrected chi connectivity index (χ4v) is 0.533. The maximum Gasteiger partial charge on any atom is 0.431 e. The predicted octanol–water partition coefficient (Wildman–Crippen LogP) is 0.454. The highest BCUT2D eigenvalue weighted by Crippen LogP contribution is 2.23. The van der Waals surface area contributed by atoms with Crippen LogP contribution in [0.15, 0.2) is 16.3 Å². The molecule has 0 saturated carbocycles. The first-order valence-corrected chi connectivity index (χ1v) is 3.02. The third-order valence-corrected chi connectivity index (χ3v) is 1.11. The molecule has 0 radical (unpaired) electrons. The minimum absolute atomic E-state index is 0.426. The van der Waals surface area contributed by atoms with Gasteiger partial charge in [0.15, 0.2) is 0 Å². The topological polar surface area (TPSA) is 58.6 Å². The van der Waals surface area contributed by atoms with Gasteiger partial charge in [0.2, 0.25) is 0 Å². The molecule has 0 bridgehead atoms. The van der Waals surface area contributed by atoms with Crippen molar-refractivity contribution < 1.29 is 18.3 Å². The van der Waals surface area contributed by atoms with Crippen LogP contribution in [-0.4, -0.2) is 31.2 Å². The summed E-state index contributed by atoms with van der Waals surface area (Å²) in [6.07, 6.45) is -3.73. The average Bonchev–Trinajstić information content (AvgIpc) is 1.97. The number of halogens is 3. The highest BCUT2D eigenvalue weighted by atomic mass is 19.4. The molecule has 0 heterocycles. The fourth-order valence-electron chi connectivity index (χ4n) is 0.533. The van der Waals surface area contributed by atoms with Gasteiger partial charge in [0.1, 0.15) is 5.70 Å². The van der Waals surface area contributed by atoms with Gasteiger partial charge in [-0.2, -0.15) is 13.2 Å². The minimum atomic E-state index is -4.61. The standard InChI is InChI=1S/C6H9F3N2O/c1-11-2-4(3-12)5(10)6(7,8)9/h2,12H,3,10H2,1H3. The molecule has 0 aliphatic heterocycles. The van der Waals surface area contributed by atoms with Crippen LogP contribution in [0.5, 0.6) is 0 Å². The number of aliphatic imine (C=N–C) groups is 1. The maximum atomic E-state index is 11.9. The van der Waals surface area contributed by atoms with Crippen LogP contribution in [0, 0.1) is 0 Å². The molecule has 12 heavy (non-hydrogen) atoms. The summed E-state index contributed by atoms with van der Waals surface area (Å²) in [4.78, 5) is 3.32. The molecule has 0 aromatic carbocycles. The zero-order valence-corrected chi connectivity index (χ0v) is 6.39. The lowest BCUT2D eigenvalue weighted by Crippen LogP contribution is -2.23. The number of nitrogens with zero attached hydrogens (tertiary/aromatic N) is 1. The van der Waals surface area contributed by atoms with Crippen LogP contribution in [0.2, 0.25) is 0 Å². The Morgan fingerprint density at radius 2 is 2.08 bits per heavy atom. The summed E-state index contributed by atoms with van der Waals surface area (Å²) in [5.74, 6) is 0. The molecule has 0 fully saturated rings. The van der Waals surface area contributed by atoms with E-state index in [1.165, 1.54) is 7.05 Å². The number of aliphatic hydroxyl groups excluding tert-OH is 1. The number of aliphatic hydroxyl groups is 1. The van der Waals surface area contributed by atoms with E-state index in [4.69, 9.17) is 10.8 Å². The molecule has 3 N–H and O–H groups in total. The Kier molecular flexibility index (Phi) is 3.75. The Labute approximate surface area is 67.4 Å². The van der Waals surface area contributed by atoms with Crippen LogP contribution in [0.3, 0.4) is 0 Å². The number of hydrogen-bond acceptors (Lipinski definition) is 3. The number of rotatable bonds is 2. The summed E-state index contributed by atoms with van der Waals surface area (Å²) in [5.41, 5.74) is 2.96. The number of hydrogen-bond donors (Lipinski definition) is 2. The lowest BCUT2D eigenvalue weighted by Gasteiger charge is -2.08. The lowest BCUT2D eigenvalue weighted by molar-refractivity contribution is -0.0935. The van der Waals surface area contributed by atoms with E-state index >= 15 is 0 Å². The van der Waals surface area contributed by atoms with Gasteiger partial charge in [-0.3, -0.25) is 4.99 Å². The minimum Gasteiger partial charge on any atom is -0.394 e. The summed E-state index contributed by atoms with van der Waals surface area (Å²) in [6, 6.07) is 0. The largest absolute Gasteiger partial charge is 0.431 e. The molecular weight excluding hydrogens is 173 g/mol. The molecule has 6 heteroatoms. The number of alkyl halides is 3. The van der Waals surface area contributed by atoms with Crippen LogP contribution in [0.25, 0.3) is 0 Å². The van der Waals surface area contributed by atoms with E-state index in [-0.39, 0.29) is 0 Å². The van der Waals surface area contributed by atoms with E-state index in [0.29, 0.717) is 0 Å². The van der Waals surface area contributed by atoms with Crippen LogP contribution in [0.4, 0.5) is 13.2 Å². The van der Waals surface area contributed by atoms with Crippen molar-refractivity contribution in [3.63, 3.8) is 0 Å². The molecule has 70 valence electrons. The first kappa shape index (κ1) is 11.0. The molecule has 0 rings (SSSR count). The predicted molar refractivity (Wildman–Crippen MR) is 38.8 cm³/mol. The Morgan fingerprint density at radius 3 is 2.33 bits per heavy atom. The highest BCUT2D eigenvalue weighted by molar-refractivity contribution is 5.79. The van der Waals surface area contributed by atoms with Crippen LogP contribution in [0.1, 0.15) is 0 Å². The van der Waals surface area contributed by atoms with Crippen molar-refractivity contribution in [3.8, 4) is 0 Å². The molecule has 0 amide bonds. The molecule has 0 saturated heterocycles. The Hall–Kier alpha value is -1.04. The van der Waals surface area contributed by atoms with E-state index in [2.05, 4.69) is 4.99 Å². The normalized spacial score (nSPS) is 15.1. The van der Waals surface area contributed by atoms with Gasteiger partial charge in [0, 0.05) is 18.8 Å². The molecule has 0 aliphatic rings. The Balaban J connectivity index is 4.85. The second kappa shape index (κ2) is 4.10. The van der Waals surface area contributed by atoms with Crippen molar-refractivity contribution in [2.24, 2.45) is 10.7 Å². The van der Waals surface area contributed by atoms with Gasteiger partial charge in [-0.15, -0.1) is 0 Å². The molecule has 0 aromatic rings. The van der Waals surface area contributed by atoms with Crippen LogP contribution >= 0.6 is 0 Å². The molecule has 0 spiro atoms. The summed E-state index contributed by atoms with van der Waals surface area (Å²) < 4.78 is 35.6. The molecular formula is C6H9F3N2O.